The van der Waals surface area contributed by atoms with Crippen LogP contribution >= 0.6 is 11.6 Å². The number of halogens is 1. The summed E-state index contributed by atoms with van der Waals surface area (Å²) in [7, 11) is -1.35. The van der Waals surface area contributed by atoms with Crippen LogP contribution < -0.4 is 19.1 Å². The molecule has 0 heterocycles. The smallest absolute Gasteiger partial charge is 0.264 e. The number of amides is 2. The first-order chi connectivity index (χ1) is 19.5. The van der Waals surface area contributed by atoms with Crippen LogP contribution in [0.3, 0.4) is 0 Å². The first-order valence-electron chi connectivity index (χ1n) is 13.2. The molecule has 41 heavy (non-hydrogen) atoms. The second-order valence-electron chi connectivity index (χ2n) is 9.50. The standard InChI is InChI=1S/C30H36ClN3O6S/c1-6-21(2)32-30(36)22(3)33(19-23-11-13-24(31)14-12-23)29(35)20-34(27-9-7-8-10-28(27)40-5)41(37,38)26-17-15-25(39-4)16-18-26/h7-18,21-22H,6,19-20H2,1-5H3,(H,32,36). The minimum Gasteiger partial charge on any atom is -0.497 e. The van der Waals surface area contributed by atoms with Gasteiger partial charge in [0.25, 0.3) is 10.0 Å². The summed E-state index contributed by atoms with van der Waals surface area (Å²) in [5.41, 5.74) is 0.912. The summed E-state index contributed by atoms with van der Waals surface area (Å²) in [5.74, 6) is -0.165. The maximum Gasteiger partial charge on any atom is 0.264 e. The van der Waals surface area contributed by atoms with Crippen LogP contribution in [0.15, 0.2) is 77.7 Å². The van der Waals surface area contributed by atoms with Crippen LogP contribution in [0.4, 0.5) is 5.69 Å². The Balaban J connectivity index is 2.06. The molecule has 0 aromatic heterocycles. The number of sulfonamides is 1. The van der Waals surface area contributed by atoms with Crippen LogP contribution in [0.5, 0.6) is 11.5 Å². The molecule has 3 aromatic rings. The predicted molar refractivity (Wildman–Crippen MR) is 160 cm³/mol. The zero-order chi connectivity index (χ0) is 30.2. The van der Waals surface area contributed by atoms with Gasteiger partial charge in [0, 0.05) is 17.6 Å². The van der Waals surface area contributed by atoms with Crippen LogP contribution in [0, 0.1) is 0 Å². The molecule has 3 aromatic carbocycles. The van der Waals surface area contributed by atoms with Crippen molar-refractivity contribution in [2.75, 3.05) is 25.1 Å². The molecule has 0 fully saturated rings. The average Bonchev–Trinajstić information content (AvgIpc) is 2.98. The molecule has 2 amide bonds. The maximum atomic E-state index is 14.0. The monoisotopic (exact) mass is 601 g/mol. The fraction of sp³-hybridized carbons (Fsp3) is 0.333. The van der Waals surface area contributed by atoms with Crippen LogP contribution in [-0.4, -0.2) is 58.0 Å². The highest BCUT2D eigenvalue weighted by atomic mass is 35.5. The first kappa shape index (κ1) is 31.8. The molecule has 9 nitrogen and oxygen atoms in total. The molecular weight excluding hydrogens is 566 g/mol. The van der Waals surface area contributed by atoms with Gasteiger partial charge in [-0.25, -0.2) is 8.42 Å². The lowest BCUT2D eigenvalue weighted by atomic mass is 10.1. The zero-order valence-electron chi connectivity index (χ0n) is 23.8. The molecule has 0 saturated carbocycles. The van der Waals surface area contributed by atoms with E-state index in [0.29, 0.717) is 17.2 Å². The molecule has 220 valence electrons. The second kappa shape index (κ2) is 14.2. The summed E-state index contributed by atoms with van der Waals surface area (Å²) in [6.07, 6.45) is 0.714. The van der Waals surface area contributed by atoms with E-state index >= 15 is 0 Å². The summed E-state index contributed by atoms with van der Waals surface area (Å²) < 4.78 is 39.6. The minimum atomic E-state index is -4.26. The van der Waals surface area contributed by atoms with E-state index < -0.39 is 28.5 Å². The molecule has 0 aliphatic carbocycles. The predicted octanol–water partition coefficient (Wildman–Crippen LogP) is 4.88. The highest BCUT2D eigenvalue weighted by Gasteiger charge is 2.34. The highest BCUT2D eigenvalue weighted by Crippen LogP contribution is 2.33. The summed E-state index contributed by atoms with van der Waals surface area (Å²) in [6.45, 7) is 4.93. The van der Waals surface area contributed by atoms with Gasteiger partial charge in [-0.1, -0.05) is 42.8 Å². The number of para-hydroxylation sites is 2. The number of nitrogens with zero attached hydrogens (tertiary/aromatic N) is 2. The Hall–Kier alpha value is -3.76. The van der Waals surface area contributed by atoms with Gasteiger partial charge in [0.05, 0.1) is 24.8 Å². The number of nitrogens with one attached hydrogen (secondary N) is 1. The topological polar surface area (TPSA) is 105 Å². The molecule has 3 rings (SSSR count). The van der Waals surface area contributed by atoms with E-state index in [0.717, 1.165) is 9.87 Å². The molecule has 1 N–H and O–H groups in total. The molecule has 2 atom stereocenters. The fourth-order valence-electron chi connectivity index (χ4n) is 4.06. The van der Waals surface area contributed by atoms with Crippen molar-refractivity contribution >= 4 is 39.1 Å². The van der Waals surface area contributed by atoms with Gasteiger partial charge in [0.15, 0.2) is 0 Å². The Morgan fingerprint density at radius 2 is 1.56 bits per heavy atom. The number of hydrogen-bond acceptors (Lipinski definition) is 6. The minimum absolute atomic E-state index is 0.0381. The molecule has 0 saturated heterocycles. The number of benzene rings is 3. The Morgan fingerprint density at radius 1 is 0.927 bits per heavy atom. The number of rotatable bonds is 13. The first-order valence-corrected chi connectivity index (χ1v) is 15.0. The second-order valence-corrected chi connectivity index (χ2v) is 11.8. The van der Waals surface area contributed by atoms with Crippen molar-refractivity contribution in [3.05, 3.63) is 83.4 Å². The van der Waals surface area contributed by atoms with Crippen molar-refractivity contribution in [1.29, 1.82) is 0 Å². The van der Waals surface area contributed by atoms with E-state index in [1.165, 1.54) is 43.4 Å². The summed E-state index contributed by atoms with van der Waals surface area (Å²) in [5, 5.41) is 3.44. The van der Waals surface area contributed by atoms with Crippen LogP contribution in [0.1, 0.15) is 32.8 Å². The number of anilines is 1. The van der Waals surface area contributed by atoms with Gasteiger partial charge < -0.3 is 19.7 Å². The number of hydrogen-bond donors (Lipinski definition) is 1. The third-order valence-corrected chi connectivity index (χ3v) is 8.74. The highest BCUT2D eigenvalue weighted by molar-refractivity contribution is 7.92. The molecule has 0 aliphatic rings. The normalized spacial score (nSPS) is 12.6. The largest absolute Gasteiger partial charge is 0.497 e. The van der Waals surface area contributed by atoms with Crippen LogP contribution in [0.2, 0.25) is 5.02 Å². The van der Waals surface area contributed by atoms with Crippen molar-refractivity contribution in [3.63, 3.8) is 0 Å². The van der Waals surface area contributed by atoms with E-state index in [1.54, 1.807) is 55.5 Å². The molecule has 0 spiro atoms. The van der Waals surface area contributed by atoms with Crippen molar-refractivity contribution < 1.29 is 27.5 Å². The Morgan fingerprint density at radius 3 is 2.15 bits per heavy atom. The Bertz CT molecular complexity index is 1430. The average molecular weight is 602 g/mol. The molecular formula is C30H36ClN3O6S. The maximum absolute atomic E-state index is 14.0. The molecule has 0 radical (unpaired) electrons. The summed E-state index contributed by atoms with van der Waals surface area (Å²) >= 11 is 6.05. The molecule has 2 unspecified atom stereocenters. The van der Waals surface area contributed by atoms with Gasteiger partial charge in [-0.05, 0) is 74.4 Å². The van der Waals surface area contributed by atoms with E-state index in [-0.39, 0.29) is 34.8 Å². The Kier molecular flexibility index (Phi) is 11.0. The lowest BCUT2D eigenvalue weighted by Gasteiger charge is -2.32. The van der Waals surface area contributed by atoms with Gasteiger partial charge in [0.2, 0.25) is 11.8 Å². The van der Waals surface area contributed by atoms with E-state index in [2.05, 4.69) is 5.32 Å². The van der Waals surface area contributed by atoms with Gasteiger partial charge in [0.1, 0.15) is 24.1 Å². The van der Waals surface area contributed by atoms with Crippen molar-refractivity contribution in [2.45, 2.75) is 50.7 Å². The zero-order valence-corrected chi connectivity index (χ0v) is 25.4. The third kappa shape index (κ3) is 7.92. The van der Waals surface area contributed by atoms with E-state index in [9.17, 15) is 18.0 Å². The lowest BCUT2D eigenvalue weighted by Crippen LogP contribution is -2.52. The molecule has 0 aliphatic heterocycles. The quantitative estimate of drug-likeness (QED) is 0.299. The summed E-state index contributed by atoms with van der Waals surface area (Å²) in [6, 6.07) is 18.3. The number of carbonyl (C=O) groups is 2. The molecule has 0 bridgehead atoms. The van der Waals surface area contributed by atoms with Crippen molar-refractivity contribution in [2.24, 2.45) is 0 Å². The summed E-state index contributed by atoms with van der Waals surface area (Å²) in [4.78, 5) is 28.5. The van der Waals surface area contributed by atoms with Crippen LogP contribution in [-0.2, 0) is 26.2 Å². The molecule has 11 heteroatoms. The number of ether oxygens (including phenoxy) is 2. The Labute approximate surface area is 247 Å². The SMILES string of the molecule is CCC(C)NC(=O)C(C)N(Cc1ccc(Cl)cc1)C(=O)CN(c1ccccc1OC)S(=O)(=O)c1ccc(OC)cc1. The van der Waals surface area contributed by atoms with Crippen molar-refractivity contribution in [3.8, 4) is 11.5 Å². The fourth-order valence-corrected chi connectivity index (χ4v) is 5.61. The van der Waals surface area contributed by atoms with Gasteiger partial charge in [-0.3, -0.25) is 13.9 Å². The van der Waals surface area contributed by atoms with Gasteiger partial charge >= 0.3 is 0 Å². The van der Waals surface area contributed by atoms with Gasteiger partial charge in [-0.15, -0.1) is 0 Å². The van der Waals surface area contributed by atoms with Crippen molar-refractivity contribution in [1.82, 2.24) is 10.2 Å². The number of methoxy groups -OCH3 is 2. The van der Waals surface area contributed by atoms with Crippen LogP contribution in [0.25, 0.3) is 0 Å². The van der Waals surface area contributed by atoms with Gasteiger partial charge in [-0.2, -0.15) is 0 Å². The third-order valence-electron chi connectivity index (χ3n) is 6.71. The lowest BCUT2D eigenvalue weighted by molar-refractivity contribution is -0.139. The van der Waals surface area contributed by atoms with E-state index in [1.807, 2.05) is 13.8 Å². The number of carbonyl (C=O) groups excluding carboxylic acids is 2. The van der Waals surface area contributed by atoms with E-state index in [4.69, 9.17) is 21.1 Å².